The Hall–Kier alpha value is -1.00. The van der Waals surface area contributed by atoms with Crippen molar-refractivity contribution in [2.24, 2.45) is 5.41 Å². The lowest BCUT2D eigenvalue weighted by Crippen LogP contribution is -2.40. The second kappa shape index (κ2) is 3.50. The highest BCUT2D eigenvalue weighted by molar-refractivity contribution is 6.30. The predicted octanol–water partition coefficient (Wildman–Crippen LogP) is 1.98. The van der Waals surface area contributed by atoms with E-state index in [9.17, 15) is 0 Å². The molecule has 5 heteroatoms. The van der Waals surface area contributed by atoms with Crippen molar-refractivity contribution >= 4 is 23.1 Å². The molecule has 1 saturated heterocycles. The van der Waals surface area contributed by atoms with E-state index in [1.54, 1.807) is 6.20 Å². The number of anilines is 2. The number of halogens is 1. The molecule has 4 nitrogen and oxygen atoms in total. The molecule has 0 saturated carbocycles. The number of ether oxygens (including phenoxy) is 1. The fourth-order valence-corrected chi connectivity index (χ4v) is 2.41. The Kier molecular flexibility index (Phi) is 2.23. The quantitative estimate of drug-likeness (QED) is 0.727. The van der Waals surface area contributed by atoms with Crippen LogP contribution in [-0.4, -0.2) is 30.8 Å². The Labute approximate surface area is 99.3 Å². The first-order chi connectivity index (χ1) is 7.67. The van der Waals surface area contributed by atoms with Gasteiger partial charge in [-0.2, -0.15) is 0 Å². The third-order valence-electron chi connectivity index (χ3n) is 3.41. The summed E-state index contributed by atoms with van der Waals surface area (Å²) in [6.07, 6.45) is 1.66. The van der Waals surface area contributed by atoms with Gasteiger partial charge >= 0.3 is 0 Å². The van der Waals surface area contributed by atoms with Gasteiger partial charge in [0.1, 0.15) is 5.82 Å². The van der Waals surface area contributed by atoms with Crippen LogP contribution in [0.25, 0.3) is 0 Å². The van der Waals surface area contributed by atoms with Crippen molar-refractivity contribution in [2.45, 2.75) is 13.0 Å². The van der Waals surface area contributed by atoms with E-state index in [4.69, 9.17) is 16.3 Å². The Morgan fingerprint density at radius 3 is 3.38 bits per heavy atom. The van der Waals surface area contributed by atoms with Crippen LogP contribution >= 0.6 is 11.6 Å². The lowest BCUT2D eigenvalue weighted by atomic mass is 9.85. The third kappa shape index (κ3) is 1.53. The normalized spacial score (nSPS) is 32.0. The first kappa shape index (κ1) is 10.2. The largest absolute Gasteiger partial charge is 0.381 e. The summed E-state index contributed by atoms with van der Waals surface area (Å²) in [5, 5.41) is 7.47. The average molecular weight is 240 g/mol. The highest BCUT2D eigenvalue weighted by atomic mass is 35.5. The summed E-state index contributed by atoms with van der Waals surface area (Å²) in [5.74, 6) is 0.864. The van der Waals surface area contributed by atoms with Crippen LogP contribution in [0.15, 0.2) is 12.3 Å². The molecule has 16 heavy (non-hydrogen) atoms. The van der Waals surface area contributed by atoms with Crippen LogP contribution in [0, 0.1) is 5.41 Å². The molecule has 0 amide bonds. The standard InChI is InChI=1S/C11H14ClN3O/c1-11-5-14-8-2-7(12)3-13-10(8)15-9(11)4-16-6-11/h2-3,9,14H,4-6H2,1H3,(H,13,15). The van der Waals surface area contributed by atoms with Crippen molar-refractivity contribution in [1.29, 1.82) is 0 Å². The zero-order chi connectivity index (χ0) is 11.2. The number of pyridine rings is 1. The molecule has 1 aromatic heterocycles. The van der Waals surface area contributed by atoms with Crippen LogP contribution < -0.4 is 10.6 Å². The van der Waals surface area contributed by atoms with Gasteiger partial charge in [0.15, 0.2) is 0 Å². The van der Waals surface area contributed by atoms with Crippen molar-refractivity contribution in [3.8, 4) is 0 Å². The number of nitrogens with zero attached hydrogens (tertiary/aromatic N) is 1. The number of aromatic nitrogens is 1. The smallest absolute Gasteiger partial charge is 0.149 e. The number of fused-ring (bicyclic) bond motifs is 2. The molecule has 86 valence electrons. The monoisotopic (exact) mass is 239 g/mol. The molecule has 0 aliphatic carbocycles. The van der Waals surface area contributed by atoms with E-state index in [-0.39, 0.29) is 5.41 Å². The minimum atomic E-state index is 0.118. The predicted molar refractivity (Wildman–Crippen MR) is 64.1 cm³/mol. The molecule has 2 atom stereocenters. The van der Waals surface area contributed by atoms with Crippen molar-refractivity contribution in [3.05, 3.63) is 17.3 Å². The number of rotatable bonds is 0. The van der Waals surface area contributed by atoms with Gasteiger partial charge < -0.3 is 15.4 Å². The molecule has 3 heterocycles. The topological polar surface area (TPSA) is 46.2 Å². The highest BCUT2D eigenvalue weighted by Crippen LogP contribution is 2.36. The highest BCUT2D eigenvalue weighted by Gasteiger charge is 2.42. The summed E-state index contributed by atoms with van der Waals surface area (Å²) in [5.41, 5.74) is 1.09. The first-order valence-corrected chi connectivity index (χ1v) is 5.79. The summed E-state index contributed by atoms with van der Waals surface area (Å²) in [7, 11) is 0. The Bertz CT molecular complexity index is 426. The van der Waals surface area contributed by atoms with Gasteiger partial charge in [-0.15, -0.1) is 0 Å². The van der Waals surface area contributed by atoms with Crippen LogP contribution in [0.4, 0.5) is 11.5 Å². The molecule has 1 aromatic rings. The molecule has 1 fully saturated rings. The lowest BCUT2D eigenvalue weighted by Gasteiger charge is -2.27. The van der Waals surface area contributed by atoms with E-state index in [0.717, 1.165) is 31.3 Å². The Morgan fingerprint density at radius 1 is 1.62 bits per heavy atom. The van der Waals surface area contributed by atoms with E-state index >= 15 is 0 Å². The molecule has 0 bridgehead atoms. The number of hydrogen-bond donors (Lipinski definition) is 2. The molecule has 0 radical (unpaired) electrons. The van der Waals surface area contributed by atoms with E-state index in [1.807, 2.05) is 6.07 Å². The summed E-state index contributed by atoms with van der Waals surface area (Å²) in [6, 6.07) is 2.22. The fourth-order valence-electron chi connectivity index (χ4n) is 2.25. The van der Waals surface area contributed by atoms with Crippen molar-refractivity contribution < 1.29 is 4.74 Å². The second-order valence-corrected chi connectivity index (χ2v) is 5.21. The minimum absolute atomic E-state index is 0.118. The van der Waals surface area contributed by atoms with E-state index in [1.165, 1.54) is 0 Å². The van der Waals surface area contributed by atoms with Crippen molar-refractivity contribution in [3.63, 3.8) is 0 Å². The zero-order valence-corrected chi connectivity index (χ0v) is 9.84. The van der Waals surface area contributed by atoms with Gasteiger partial charge in [-0.1, -0.05) is 18.5 Å². The molecule has 0 aromatic carbocycles. The fraction of sp³-hybridized carbons (Fsp3) is 0.545. The maximum Gasteiger partial charge on any atom is 0.149 e. The summed E-state index contributed by atoms with van der Waals surface area (Å²) < 4.78 is 5.53. The summed E-state index contributed by atoms with van der Waals surface area (Å²) in [4.78, 5) is 4.31. The maximum atomic E-state index is 5.93. The molecule has 2 N–H and O–H groups in total. The zero-order valence-electron chi connectivity index (χ0n) is 9.09. The third-order valence-corrected chi connectivity index (χ3v) is 3.61. The van der Waals surface area contributed by atoms with Gasteiger partial charge in [0.2, 0.25) is 0 Å². The second-order valence-electron chi connectivity index (χ2n) is 4.77. The van der Waals surface area contributed by atoms with E-state index < -0.39 is 0 Å². The Balaban J connectivity index is 1.97. The SMILES string of the molecule is CC12CNc3cc(Cl)cnc3NC1COC2. The van der Waals surface area contributed by atoms with Crippen LogP contribution in [0.1, 0.15) is 6.92 Å². The molecular weight excluding hydrogens is 226 g/mol. The molecule has 3 rings (SSSR count). The van der Waals surface area contributed by atoms with Crippen LogP contribution in [0.5, 0.6) is 0 Å². The Morgan fingerprint density at radius 2 is 2.50 bits per heavy atom. The van der Waals surface area contributed by atoms with Gasteiger partial charge in [-0.3, -0.25) is 0 Å². The molecule has 2 unspecified atom stereocenters. The summed E-state index contributed by atoms with van der Waals surface area (Å²) in [6.45, 7) is 4.61. The van der Waals surface area contributed by atoms with Crippen LogP contribution in [0.2, 0.25) is 5.02 Å². The minimum Gasteiger partial charge on any atom is -0.381 e. The molecular formula is C11H14ClN3O. The van der Waals surface area contributed by atoms with E-state index in [2.05, 4.69) is 22.5 Å². The molecule has 0 spiro atoms. The number of nitrogens with one attached hydrogen (secondary N) is 2. The van der Waals surface area contributed by atoms with Gasteiger partial charge in [0.05, 0.1) is 30.0 Å². The first-order valence-electron chi connectivity index (χ1n) is 5.41. The van der Waals surface area contributed by atoms with Crippen molar-refractivity contribution in [1.82, 2.24) is 4.98 Å². The molecule has 2 aliphatic heterocycles. The van der Waals surface area contributed by atoms with Gasteiger partial charge in [0.25, 0.3) is 0 Å². The lowest BCUT2D eigenvalue weighted by molar-refractivity contribution is 0.164. The van der Waals surface area contributed by atoms with Crippen LogP contribution in [-0.2, 0) is 4.74 Å². The van der Waals surface area contributed by atoms with E-state index in [0.29, 0.717) is 11.1 Å². The van der Waals surface area contributed by atoms with Crippen molar-refractivity contribution in [2.75, 3.05) is 30.4 Å². The van der Waals surface area contributed by atoms with Gasteiger partial charge in [-0.25, -0.2) is 4.98 Å². The average Bonchev–Trinajstić information content (AvgIpc) is 2.55. The number of hydrogen-bond acceptors (Lipinski definition) is 4. The maximum absolute atomic E-state index is 5.93. The van der Waals surface area contributed by atoms with Gasteiger partial charge in [-0.05, 0) is 6.07 Å². The van der Waals surface area contributed by atoms with Crippen LogP contribution in [0.3, 0.4) is 0 Å². The molecule has 2 aliphatic rings. The summed E-state index contributed by atoms with van der Waals surface area (Å²) >= 11 is 5.93. The van der Waals surface area contributed by atoms with Gasteiger partial charge in [0, 0.05) is 18.2 Å².